The molecule has 0 spiro atoms. The molecule has 0 saturated heterocycles. The highest BCUT2D eigenvalue weighted by atomic mass is 35.5. The second-order valence-corrected chi connectivity index (χ2v) is 8.04. The Kier molecular flexibility index (Phi) is 6.39. The van der Waals surface area contributed by atoms with Crippen molar-refractivity contribution in [3.05, 3.63) is 77.3 Å². The molecule has 0 aliphatic rings. The zero-order chi connectivity index (χ0) is 21.8. The molecule has 3 aromatic carbocycles. The molecule has 1 amide bonds. The van der Waals surface area contributed by atoms with E-state index in [0.29, 0.717) is 16.7 Å². The molecule has 0 fully saturated rings. The summed E-state index contributed by atoms with van der Waals surface area (Å²) < 4.78 is 20.6. The van der Waals surface area contributed by atoms with Gasteiger partial charge in [-0.2, -0.15) is 0 Å². The molecule has 0 aliphatic heterocycles. The number of amides is 1. The van der Waals surface area contributed by atoms with Crippen LogP contribution in [-0.2, 0) is 18.4 Å². The summed E-state index contributed by atoms with van der Waals surface area (Å²) in [5.41, 5.74) is 0.772. The van der Waals surface area contributed by atoms with Gasteiger partial charge in [0, 0.05) is 24.2 Å². The highest BCUT2D eigenvalue weighted by molar-refractivity contribution is 7.99. The molecule has 1 heterocycles. The molecule has 0 radical (unpaired) electrons. The number of benzene rings is 3. The standard InChI is InChI=1S/C22H18ClFN4O2S/c1-28-20(12-30-15-9-10-18(24)17(23)11-15)26-27-22(28)31-13-21(29)25-19-8-4-6-14-5-2-3-7-16(14)19/h2-11H,12-13H2,1H3,(H,25,29). The summed E-state index contributed by atoms with van der Waals surface area (Å²) in [4.78, 5) is 12.5. The van der Waals surface area contributed by atoms with Crippen LogP contribution in [0, 0.1) is 5.82 Å². The van der Waals surface area contributed by atoms with Crippen LogP contribution in [0.5, 0.6) is 5.75 Å². The first-order valence-corrected chi connectivity index (χ1v) is 10.7. The summed E-state index contributed by atoms with van der Waals surface area (Å²) in [5, 5.41) is 13.8. The lowest BCUT2D eigenvalue weighted by Gasteiger charge is -2.09. The first-order valence-electron chi connectivity index (χ1n) is 9.38. The van der Waals surface area contributed by atoms with Crippen molar-refractivity contribution in [3.63, 3.8) is 0 Å². The van der Waals surface area contributed by atoms with Gasteiger partial charge in [-0.25, -0.2) is 4.39 Å². The number of rotatable bonds is 7. The third kappa shape index (κ3) is 4.98. The fourth-order valence-electron chi connectivity index (χ4n) is 2.96. The van der Waals surface area contributed by atoms with E-state index in [4.69, 9.17) is 16.3 Å². The smallest absolute Gasteiger partial charge is 0.234 e. The van der Waals surface area contributed by atoms with Crippen molar-refractivity contribution < 1.29 is 13.9 Å². The third-order valence-corrected chi connectivity index (χ3v) is 5.89. The number of halogens is 2. The van der Waals surface area contributed by atoms with E-state index in [1.54, 1.807) is 11.6 Å². The maximum atomic E-state index is 13.2. The Morgan fingerprint density at radius 2 is 1.97 bits per heavy atom. The van der Waals surface area contributed by atoms with Gasteiger partial charge >= 0.3 is 0 Å². The van der Waals surface area contributed by atoms with Crippen LogP contribution in [0.2, 0.25) is 5.02 Å². The van der Waals surface area contributed by atoms with E-state index in [1.165, 1.54) is 30.0 Å². The van der Waals surface area contributed by atoms with Crippen LogP contribution in [0.3, 0.4) is 0 Å². The fourth-order valence-corrected chi connectivity index (χ4v) is 3.86. The first kappa shape index (κ1) is 21.1. The van der Waals surface area contributed by atoms with Gasteiger partial charge in [0.2, 0.25) is 5.91 Å². The number of carbonyl (C=O) groups is 1. The number of hydrogen-bond donors (Lipinski definition) is 1. The van der Waals surface area contributed by atoms with E-state index in [2.05, 4.69) is 15.5 Å². The average Bonchev–Trinajstić information content (AvgIpc) is 3.13. The molecule has 0 aliphatic carbocycles. The predicted octanol–water partition coefficient (Wildman–Crippen LogP) is 5.07. The maximum Gasteiger partial charge on any atom is 0.234 e. The number of carbonyl (C=O) groups excluding carboxylic acids is 1. The van der Waals surface area contributed by atoms with Crippen LogP contribution in [0.25, 0.3) is 10.8 Å². The van der Waals surface area contributed by atoms with Crippen molar-refractivity contribution in [2.24, 2.45) is 7.05 Å². The molecule has 0 unspecified atom stereocenters. The number of nitrogens with zero attached hydrogens (tertiary/aromatic N) is 3. The predicted molar refractivity (Wildman–Crippen MR) is 120 cm³/mol. The lowest BCUT2D eigenvalue weighted by Crippen LogP contribution is -2.14. The van der Waals surface area contributed by atoms with Crippen molar-refractivity contribution in [1.82, 2.24) is 14.8 Å². The molecule has 0 atom stereocenters. The minimum Gasteiger partial charge on any atom is -0.486 e. The lowest BCUT2D eigenvalue weighted by molar-refractivity contribution is -0.113. The Bertz CT molecular complexity index is 1240. The van der Waals surface area contributed by atoms with E-state index in [9.17, 15) is 9.18 Å². The molecule has 0 saturated carbocycles. The van der Waals surface area contributed by atoms with Gasteiger partial charge in [0.1, 0.15) is 18.2 Å². The number of aromatic nitrogens is 3. The van der Waals surface area contributed by atoms with Crippen LogP contribution in [0.1, 0.15) is 5.82 Å². The van der Waals surface area contributed by atoms with Crippen LogP contribution in [-0.4, -0.2) is 26.4 Å². The van der Waals surface area contributed by atoms with Gasteiger partial charge in [-0.05, 0) is 23.6 Å². The molecule has 9 heteroatoms. The van der Waals surface area contributed by atoms with Crippen LogP contribution in [0.4, 0.5) is 10.1 Å². The minimum atomic E-state index is -0.506. The largest absolute Gasteiger partial charge is 0.486 e. The number of thioether (sulfide) groups is 1. The lowest BCUT2D eigenvalue weighted by atomic mass is 10.1. The summed E-state index contributed by atoms with van der Waals surface area (Å²) in [6.45, 7) is 0.133. The molecular formula is C22H18ClFN4O2S. The molecule has 1 aromatic heterocycles. The molecule has 158 valence electrons. The van der Waals surface area contributed by atoms with E-state index >= 15 is 0 Å². The Morgan fingerprint density at radius 3 is 2.81 bits per heavy atom. The summed E-state index contributed by atoms with van der Waals surface area (Å²) in [7, 11) is 1.79. The molecule has 31 heavy (non-hydrogen) atoms. The third-order valence-electron chi connectivity index (χ3n) is 4.58. The molecule has 1 N–H and O–H groups in total. The fraction of sp³-hybridized carbons (Fsp3) is 0.136. The first-order chi connectivity index (χ1) is 15.0. The monoisotopic (exact) mass is 456 g/mol. The number of nitrogens with one attached hydrogen (secondary N) is 1. The second kappa shape index (κ2) is 9.36. The Hall–Kier alpha value is -3.10. The van der Waals surface area contributed by atoms with Crippen molar-refractivity contribution in [2.45, 2.75) is 11.8 Å². The Balaban J connectivity index is 1.35. The van der Waals surface area contributed by atoms with Crippen molar-refractivity contribution in [1.29, 1.82) is 0 Å². The normalized spacial score (nSPS) is 10.9. The SMILES string of the molecule is Cn1c(COc2ccc(F)c(Cl)c2)nnc1SCC(=O)Nc1cccc2ccccc12. The molecule has 4 aromatic rings. The van der Waals surface area contributed by atoms with E-state index in [0.717, 1.165) is 16.5 Å². The molecule has 4 rings (SSSR count). The highest BCUT2D eigenvalue weighted by Crippen LogP contribution is 2.24. The minimum absolute atomic E-state index is 0.0103. The van der Waals surface area contributed by atoms with E-state index in [-0.39, 0.29) is 23.3 Å². The van der Waals surface area contributed by atoms with Crippen molar-refractivity contribution in [2.75, 3.05) is 11.1 Å². The highest BCUT2D eigenvalue weighted by Gasteiger charge is 2.13. The van der Waals surface area contributed by atoms with Gasteiger partial charge in [-0.15, -0.1) is 10.2 Å². The van der Waals surface area contributed by atoms with Gasteiger partial charge < -0.3 is 14.6 Å². The number of anilines is 1. The van der Waals surface area contributed by atoms with Gasteiger partial charge in [0.05, 0.1) is 10.8 Å². The van der Waals surface area contributed by atoms with E-state index in [1.807, 2.05) is 42.5 Å². The van der Waals surface area contributed by atoms with Crippen LogP contribution in [0.15, 0.2) is 65.8 Å². The van der Waals surface area contributed by atoms with Gasteiger partial charge in [0.25, 0.3) is 0 Å². The summed E-state index contributed by atoms with van der Waals surface area (Å²) in [5.74, 6) is 0.538. The van der Waals surface area contributed by atoms with E-state index < -0.39 is 5.82 Å². The quantitative estimate of drug-likeness (QED) is 0.393. The van der Waals surface area contributed by atoms with Gasteiger partial charge in [-0.1, -0.05) is 59.8 Å². The van der Waals surface area contributed by atoms with Crippen molar-refractivity contribution in [3.8, 4) is 5.75 Å². The second-order valence-electron chi connectivity index (χ2n) is 6.69. The summed E-state index contributed by atoms with van der Waals surface area (Å²) in [6.07, 6.45) is 0. The zero-order valence-electron chi connectivity index (χ0n) is 16.5. The topological polar surface area (TPSA) is 69.0 Å². The Labute approximate surface area is 187 Å². The number of fused-ring (bicyclic) bond motifs is 1. The van der Waals surface area contributed by atoms with Crippen molar-refractivity contribution >= 4 is 45.7 Å². The maximum absolute atomic E-state index is 13.2. The summed E-state index contributed by atoms with van der Waals surface area (Å²) in [6, 6.07) is 17.8. The van der Waals surface area contributed by atoms with Gasteiger partial charge in [-0.3, -0.25) is 4.79 Å². The molecule has 6 nitrogen and oxygen atoms in total. The zero-order valence-corrected chi connectivity index (χ0v) is 18.1. The van der Waals surface area contributed by atoms with Crippen LogP contribution >= 0.6 is 23.4 Å². The summed E-state index contributed by atoms with van der Waals surface area (Å²) >= 11 is 7.04. The number of ether oxygens (including phenoxy) is 1. The van der Waals surface area contributed by atoms with Gasteiger partial charge in [0.15, 0.2) is 11.0 Å². The number of hydrogen-bond acceptors (Lipinski definition) is 5. The molecular weight excluding hydrogens is 439 g/mol. The Morgan fingerprint density at radius 1 is 1.16 bits per heavy atom. The average molecular weight is 457 g/mol. The molecule has 0 bridgehead atoms. The van der Waals surface area contributed by atoms with Crippen LogP contribution < -0.4 is 10.1 Å².